The summed E-state index contributed by atoms with van der Waals surface area (Å²) in [5.74, 6) is -1.46. The number of carbonyl (C=O) groups is 1. The molecular weight excluding hydrogens is 309 g/mol. The molecule has 0 unspecified atom stereocenters. The molecule has 1 aromatic carbocycles. The van der Waals surface area contributed by atoms with Gasteiger partial charge in [0.25, 0.3) is 0 Å². The average Bonchev–Trinajstić information content (AvgIpc) is 2.64. The molecule has 88 valence electrons. The molecule has 0 atom stereocenters. The van der Waals surface area contributed by atoms with Crippen LogP contribution in [0.2, 0.25) is 0 Å². The Morgan fingerprint density at radius 2 is 2.24 bits per heavy atom. The molecule has 0 aliphatic carbocycles. The number of carboxylic acids is 1. The molecule has 0 radical (unpaired) electrons. The lowest BCUT2D eigenvalue weighted by molar-refractivity contribution is 0.0701. The van der Waals surface area contributed by atoms with Crippen molar-refractivity contribution in [1.82, 2.24) is 4.98 Å². The van der Waals surface area contributed by atoms with Crippen LogP contribution >= 0.6 is 27.3 Å². The lowest BCUT2D eigenvalue weighted by atomic mass is 10.2. The van der Waals surface area contributed by atoms with Crippen molar-refractivity contribution in [2.45, 2.75) is 6.92 Å². The van der Waals surface area contributed by atoms with E-state index in [9.17, 15) is 9.18 Å². The minimum atomic E-state index is -1.04. The van der Waals surface area contributed by atoms with Gasteiger partial charge in [0.15, 0.2) is 0 Å². The van der Waals surface area contributed by atoms with Gasteiger partial charge in [0, 0.05) is 10.0 Å². The van der Waals surface area contributed by atoms with Crippen LogP contribution in [0.25, 0.3) is 10.6 Å². The molecule has 0 saturated carbocycles. The van der Waals surface area contributed by atoms with E-state index in [1.807, 2.05) is 0 Å². The Balaban J connectivity index is 2.57. The number of rotatable bonds is 2. The summed E-state index contributed by atoms with van der Waals surface area (Å²) in [5, 5.41) is 9.29. The summed E-state index contributed by atoms with van der Waals surface area (Å²) in [6.07, 6.45) is 0. The molecule has 0 spiro atoms. The molecule has 1 heterocycles. The Morgan fingerprint density at radius 3 is 2.82 bits per heavy atom. The highest BCUT2D eigenvalue weighted by Gasteiger charge is 2.17. The summed E-state index contributed by atoms with van der Waals surface area (Å²) < 4.78 is 14.3. The molecule has 0 saturated heterocycles. The van der Waals surface area contributed by atoms with Crippen LogP contribution in [0, 0.1) is 12.7 Å². The number of carboxylic acid groups (broad SMARTS) is 1. The van der Waals surface area contributed by atoms with Crippen molar-refractivity contribution in [3.05, 3.63) is 39.1 Å². The lowest BCUT2D eigenvalue weighted by Crippen LogP contribution is -1.94. The summed E-state index contributed by atoms with van der Waals surface area (Å²) in [6, 6.07) is 4.48. The van der Waals surface area contributed by atoms with Gasteiger partial charge in [-0.3, -0.25) is 0 Å². The van der Waals surface area contributed by atoms with Crippen LogP contribution in [0.5, 0.6) is 0 Å². The number of hydrogen-bond donors (Lipinski definition) is 1. The summed E-state index contributed by atoms with van der Waals surface area (Å²) in [5.41, 5.74) is 0.705. The second kappa shape index (κ2) is 4.54. The van der Waals surface area contributed by atoms with Gasteiger partial charge in [-0.05, 0) is 25.1 Å². The molecule has 6 heteroatoms. The normalized spacial score (nSPS) is 10.5. The maximum absolute atomic E-state index is 13.6. The number of aromatic carboxylic acids is 1. The summed E-state index contributed by atoms with van der Waals surface area (Å²) >= 11 is 4.21. The van der Waals surface area contributed by atoms with Crippen LogP contribution in [-0.2, 0) is 0 Å². The number of thiazole rings is 1. The van der Waals surface area contributed by atoms with Gasteiger partial charge in [-0.2, -0.15) is 0 Å². The second-order valence-corrected chi connectivity index (χ2v) is 5.28. The largest absolute Gasteiger partial charge is 0.477 e. The van der Waals surface area contributed by atoms with Crippen molar-refractivity contribution in [1.29, 1.82) is 0 Å². The molecule has 2 aromatic rings. The quantitative estimate of drug-likeness (QED) is 0.919. The Morgan fingerprint density at radius 1 is 1.53 bits per heavy atom. The number of nitrogens with zero attached hydrogens (tertiary/aromatic N) is 1. The smallest absolute Gasteiger partial charge is 0.347 e. The topological polar surface area (TPSA) is 50.2 Å². The predicted molar refractivity (Wildman–Crippen MR) is 66.9 cm³/mol. The number of aryl methyl sites for hydroxylation is 1. The van der Waals surface area contributed by atoms with Crippen LogP contribution in [0.1, 0.15) is 15.4 Å². The molecule has 17 heavy (non-hydrogen) atoms. The highest BCUT2D eigenvalue weighted by atomic mass is 79.9. The average molecular weight is 316 g/mol. The maximum Gasteiger partial charge on any atom is 0.347 e. The van der Waals surface area contributed by atoms with E-state index in [0.29, 0.717) is 16.3 Å². The molecular formula is C11H7BrFNO2S. The van der Waals surface area contributed by atoms with Crippen molar-refractivity contribution >= 4 is 33.2 Å². The van der Waals surface area contributed by atoms with Gasteiger partial charge in [0.1, 0.15) is 15.7 Å². The van der Waals surface area contributed by atoms with Gasteiger partial charge in [-0.1, -0.05) is 15.9 Å². The number of halogens is 2. The molecule has 1 N–H and O–H groups in total. The van der Waals surface area contributed by atoms with Crippen LogP contribution < -0.4 is 0 Å². The molecule has 0 amide bonds. The van der Waals surface area contributed by atoms with Crippen molar-refractivity contribution in [2.24, 2.45) is 0 Å². The van der Waals surface area contributed by atoms with E-state index in [4.69, 9.17) is 5.11 Å². The first-order valence-corrected chi connectivity index (χ1v) is 6.26. The number of benzene rings is 1. The fourth-order valence-corrected chi connectivity index (χ4v) is 2.66. The van der Waals surface area contributed by atoms with E-state index >= 15 is 0 Å². The van der Waals surface area contributed by atoms with Crippen molar-refractivity contribution < 1.29 is 14.3 Å². The molecule has 0 aliphatic heterocycles. The standard InChI is InChI=1S/C11H7BrFNO2S/c1-5-9(11(15)16)17-10(14-5)7-4-6(12)2-3-8(7)13/h2-4H,1H3,(H,15,16). The van der Waals surface area contributed by atoms with Gasteiger partial charge >= 0.3 is 5.97 Å². The van der Waals surface area contributed by atoms with Gasteiger partial charge in [0.05, 0.1) is 5.69 Å². The molecule has 2 rings (SSSR count). The fourth-order valence-electron chi connectivity index (χ4n) is 1.37. The summed E-state index contributed by atoms with van der Waals surface area (Å²) in [4.78, 5) is 15.1. The predicted octanol–water partition coefficient (Wildman–Crippen LogP) is 3.72. The molecule has 1 aromatic heterocycles. The Labute approximate surface area is 109 Å². The first-order valence-electron chi connectivity index (χ1n) is 4.65. The maximum atomic E-state index is 13.6. The van der Waals surface area contributed by atoms with Crippen LogP contribution in [0.15, 0.2) is 22.7 Å². The van der Waals surface area contributed by atoms with E-state index in [0.717, 1.165) is 15.8 Å². The summed E-state index contributed by atoms with van der Waals surface area (Å²) in [6.45, 7) is 1.60. The highest BCUT2D eigenvalue weighted by molar-refractivity contribution is 9.10. The Hall–Kier alpha value is -1.27. The second-order valence-electron chi connectivity index (χ2n) is 3.36. The molecule has 0 bridgehead atoms. The Kier molecular flexibility index (Phi) is 3.26. The van der Waals surface area contributed by atoms with Crippen LogP contribution in [0.3, 0.4) is 0 Å². The summed E-state index contributed by atoms with van der Waals surface area (Å²) in [7, 11) is 0. The third-order valence-corrected chi connectivity index (χ3v) is 3.82. The molecule has 0 fully saturated rings. The first-order chi connectivity index (χ1) is 7.99. The third-order valence-electron chi connectivity index (χ3n) is 2.15. The van der Waals surface area contributed by atoms with E-state index in [2.05, 4.69) is 20.9 Å². The van der Waals surface area contributed by atoms with E-state index in [-0.39, 0.29) is 4.88 Å². The van der Waals surface area contributed by atoms with E-state index in [1.54, 1.807) is 19.1 Å². The van der Waals surface area contributed by atoms with E-state index in [1.165, 1.54) is 6.07 Å². The van der Waals surface area contributed by atoms with Gasteiger partial charge in [-0.25, -0.2) is 14.2 Å². The van der Waals surface area contributed by atoms with Crippen molar-refractivity contribution in [3.63, 3.8) is 0 Å². The zero-order valence-corrected chi connectivity index (χ0v) is 11.1. The Bertz CT molecular complexity index is 597. The van der Waals surface area contributed by atoms with Gasteiger partial charge < -0.3 is 5.11 Å². The fraction of sp³-hybridized carbons (Fsp3) is 0.0909. The van der Waals surface area contributed by atoms with Crippen molar-refractivity contribution in [3.8, 4) is 10.6 Å². The monoisotopic (exact) mass is 315 g/mol. The van der Waals surface area contributed by atoms with Gasteiger partial charge in [0.2, 0.25) is 0 Å². The zero-order valence-electron chi connectivity index (χ0n) is 8.70. The van der Waals surface area contributed by atoms with Gasteiger partial charge in [-0.15, -0.1) is 11.3 Å². The minimum absolute atomic E-state index is 0.138. The minimum Gasteiger partial charge on any atom is -0.477 e. The highest BCUT2D eigenvalue weighted by Crippen LogP contribution is 2.31. The molecule has 3 nitrogen and oxygen atoms in total. The lowest BCUT2D eigenvalue weighted by Gasteiger charge is -1.99. The third kappa shape index (κ3) is 2.37. The number of hydrogen-bond acceptors (Lipinski definition) is 3. The van der Waals surface area contributed by atoms with E-state index < -0.39 is 11.8 Å². The SMILES string of the molecule is Cc1nc(-c2cc(Br)ccc2F)sc1C(=O)O. The first kappa shape index (κ1) is 12.2. The van der Waals surface area contributed by atoms with Crippen molar-refractivity contribution in [2.75, 3.05) is 0 Å². The molecule has 0 aliphatic rings. The van der Waals surface area contributed by atoms with Crippen LogP contribution in [0.4, 0.5) is 4.39 Å². The van der Waals surface area contributed by atoms with Crippen LogP contribution in [-0.4, -0.2) is 16.1 Å². The number of aromatic nitrogens is 1. The zero-order chi connectivity index (χ0) is 12.6.